The maximum atomic E-state index is 10.4. The average Bonchev–Trinajstić information content (AvgIpc) is 1.64. The van der Waals surface area contributed by atoms with Crippen molar-refractivity contribution in [3.8, 4) is 83.6 Å². The van der Waals surface area contributed by atoms with Crippen LogP contribution in [0.5, 0.6) is 0 Å². The van der Waals surface area contributed by atoms with E-state index in [1.165, 1.54) is 0 Å². The lowest BCUT2D eigenvalue weighted by atomic mass is 9.33. The lowest BCUT2D eigenvalue weighted by Gasteiger charge is -2.45. The van der Waals surface area contributed by atoms with Crippen molar-refractivity contribution < 1.29 is 27.3 Å². The zero-order valence-electron chi connectivity index (χ0n) is 69.0. The number of anilines is 6. The topological polar surface area (TPSA) is 64.0 Å². The van der Waals surface area contributed by atoms with Gasteiger partial charge >= 0.3 is 0 Å². The number of hydrogen-bond donors (Lipinski definition) is 0. The van der Waals surface area contributed by atoms with Crippen molar-refractivity contribution in [2.24, 2.45) is 0 Å². The third kappa shape index (κ3) is 9.68. The van der Waals surface area contributed by atoms with Crippen molar-refractivity contribution in [1.29, 1.82) is 0 Å². The summed E-state index contributed by atoms with van der Waals surface area (Å²) in [6, 6.07) is 118. The van der Waals surface area contributed by atoms with E-state index in [4.69, 9.17) is 17.7 Å². The predicted molar refractivity (Wildman–Crippen MR) is 482 cm³/mol. The van der Waals surface area contributed by atoms with Crippen LogP contribution >= 0.6 is 0 Å². The van der Waals surface area contributed by atoms with Crippen LogP contribution in [0.3, 0.4) is 0 Å². The lowest BCUT2D eigenvalue weighted by molar-refractivity contribution is 0.668. The van der Waals surface area contributed by atoms with E-state index >= 15 is 0 Å². The largest absolute Gasteiger partial charge is 0.456 e. The van der Waals surface area contributed by atoms with Crippen molar-refractivity contribution in [3.63, 3.8) is 0 Å². The Bertz CT molecular complexity index is 8490. The molecule has 8 heteroatoms. The summed E-state index contributed by atoms with van der Waals surface area (Å²) >= 11 is 0. The fourth-order valence-corrected chi connectivity index (χ4v) is 18.9. The predicted octanol–water partition coefficient (Wildman–Crippen LogP) is 28.1. The Kier molecular flexibility index (Phi) is 12.5. The molecule has 0 N–H and O–H groups in total. The SMILES string of the molecule is [2H]c1c([2H])c([2H])c2c(c1[2H])c1c([2H])c(-c3ccccc3)c([2H])c([2H])c1n2-c1ccc2c(c1)N(c1c(-c3ccc(-c4ccccc4)cc3)ccc3oc4ccccc4c13)c1cc(-c3ccc4c(c3)oc3ccccc34)cc3c1B2c1cc(-c2cccc4oc5ccccc5c24)ccc1N3c1c(-c2ccc(-c3ccccc3)cc2)ccc2oc3ccccc3c12. The first-order valence-electron chi connectivity index (χ1n) is 42.6. The van der Waals surface area contributed by atoms with Gasteiger partial charge in [-0.3, -0.25) is 0 Å². The molecule has 0 amide bonds. The van der Waals surface area contributed by atoms with Gasteiger partial charge in [-0.2, -0.15) is 0 Å². The molecule has 0 saturated carbocycles. The van der Waals surface area contributed by atoms with Gasteiger partial charge in [0.25, 0.3) is 6.71 Å². The molecule has 0 spiro atoms. The smallest absolute Gasteiger partial charge is 0.252 e. The number of nitrogens with zero attached hydrogens (tertiary/aromatic N) is 3. The highest BCUT2D eigenvalue weighted by molar-refractivity contribution is 7.00. The van der Waals surface area contributed by atoms with E-state index in [1.54, 1.807) is 16.7 Å². The molecule has 116 heavy (non-hydrogen) atoms. The van der Waals surface area contributed by atoms with Crippen LogP contribution in [-0.4, -0.2) is 11.3 Å². The maximum Gasteiger partial charge on any atom is 0.252 e. The summed E-state index contributed by atoms with van der Waals surface area (Å²) in [6.07, 6.45) is 0. The lowest BCUT2D eigenvalue weighted by Crippen LogP contribution is -2.61. The zero-order valence-corrected chi connectivity index (χ0v) is 62.0. The summed E-state index contributed by atoms with van der Waals surface area (Å²) in [5.74, 6) is 0. The normalized spacial score (nSPS) is 13.4. The van der Waals surface area contributed by atoms with Crippen molar-refractivity contribution in [1.82, 2.24) is 4.57 Å². The first-order valence-corrected chi connectivity index (χ1v) is 39.1. The minimum absolute atomic E-state index is 0.0636. The number of furan rings is 4. The van der Waals surface area contributed by atoms with Gasteiger partial charge in [0.15, 0.2) is 0 Å². The van der Waals surface area contributed by atoms with Crippen LogP contribution in [-0.2, 0) is 0 Å². The highest BCUT2D eigenvalue weighted by Gasteiger charge is 2.46. The molecule has 538 valence electrons. The fraction of sp³-hybridized carbons (Fsp3) is 0. The molecule has 2 aliphatic rings. The minimum atomic E-state index is -0.633. The third-order valence-electron chi connectivity index (χ3n) is 24.0. The first kappa shape index (κ1) is 57.6. The van der Waals surface area contributed by atoms with E-state index in [1.807, 2.05) is 97.1 Å². The van der Waals surface area contributed by atoms with E-state index in [2.05, 4.69) is 246 Å². The highest BCUT2D eigenvalue weighted by Crippen LogP contribution is 2.56. The van der Waals surface area contributed by atoms with E-state index in [9.17, 15) is 9.60 Å². The van der Waals surface area contributed by atoms with Crippen LogP contribution in [0.4, 0.5) is 34.1 Å². The molecule has 23 aromatic rings. The molecule has 0 aliphatic carbocycles. The molecule has 18 aromatic carbocycles. The summed E-state index contributed by atoms with van der Waals surface area (Å²) in [5.41, 5.74) is 26.4. The molecule has 0 fully saturated rings. The van der Waals surface area contributed by atoms with Crippen LogP contribution in [0.15, 0.2) is 406 Å². The van der Waals surface area contributed by atoms with Gasteiger partial charge in [-0.05, 0) is 198 Å². The summed E-state index contributed by atoms with van der Waals surface area (Å²) in [7, 11) is 0. The van der Waals surface area contributed by atoms with Crippen molar-refractivity contribution in [2.45, 2.75) is 0 Å². The molecule has 0 atom stereocenters. The maximum absolute atomic E-state index is 10.4. The van der Waals surface area contributed by atoms with E-state index in [0.29, 0.717) is 39.3 Å². The molecule has 5 aromatic heterocycles. The van der Waals surface area contributed by atoms with Crippen molar-refractivity contribution in [2.75, 3.05) is 9.80 Å². The Hall–Kier alpha value is -15.4. The molecule has 0 radical (unpaired) electrons. The molecule has 0 saturated heterocycles. The molecule has 0 bridgehead atoms. The zero-order chi connectivity index (χ0) is 81.9. The van der Waals surface area contributed by atoms with Crippen LogP contribution < -0.4 is 26.2 Å². The molecule has 7 nitrogen and oxygen atoms in total. The first-order chi connectivity index (χ1) is 60.4. The van der Waals surface area contributed by atoms with Gasteiger partial charge in [0.1, 0.15) is 44.7 Å². The van der Waals surface area contributed by atoms with Gasteiger partial charge in [0.05, 0.1) is 42.8 Å². The van der Waals surface area contributed by atoms with Crippen molar-refractivity contribution in [3.05, 3.63) is 388 Å². The van der Waals surface area contributed by atoms with Gasteiger partial charge in [0, 0.05) is 82.7 Å². The second-order valence-electron chi connectivity index (χ2n) is 30.3. The Morgan fingerprint density at radius 1 is 0.241 bits per heavy atom. The van der Waals surface area contributed by atoms with Crippen molar-refractivity contribution >= 4 is 167 Å². The van der Waals surface area contributed by atoms with Gasteiger partial charge in [0.2, 0.25) is 0 Å². The monoisotopic (exact) mass is 1480 g/mol. The molecule has 25 rings (SSSR count). The van der Waals surface area contributed by atoms with E-state index in [-0.39, 0.29) is 57.6 Å². The van der Waals surface area contributed by atoms with Gasteiger partial charge < -0.3 is 32.0 Å². The number of hydrogen-bond acceptors (Lipinski definition) is 6. The molecular weight excluding hydrogens is 1410 g/mol. The highest BCUT2D eigenvalue weighted by atomic mass is 16.3. The standard InChI is InChI=1S/C108H64BN3O4/c1-4-21-65(22-5-1)68-39-43-70(44-40-68)78-52-57-100-104(84-30-13-18-36-97(84)114-100)107(78)111-91-56-49-74(77-32-20-38-99-103(77)83-29-12-17-35-96(83)113-99)60-88(91)109-87-54-50-76(110-89-33-15-10-27-80(89)86-59-72(48-55-90(86)110)67-25-8-3-9-26-67)64-92(87)112(94-62-75(61-93(111)106(94)109)73-47-51-82-81-28-11-16-34-95(81)116-102(82)63-73)108-79(53-58-101-105(108)85-31-14-19-37-98(85)115-101)71-45-41-69(42-46-71)66-23-6-2-7-24-66/h1-64H/i10D,15D,27D,33D,48D,55D,59D. The van der Waals surface area contributed by atoms with Gasteiger partial charge in [-0.25, -0.2) is 0 Å². The van der Waals surface area contributed by atoms with Crippen LogP contribution in [0.2, 0.25) is 0 Å². The third-order valence-corrected chi connectivity index (χ3v) is 24.0. The molecule has 2 aliphatic heterocycles. The molecule has 7 heterocycles. The second kappa shape index (κ2) is 25.1. The number of benzene rings is 18. The summed E-state index contributed by atoms with van der Waals surface area (Å²) < 4.78 is 99.5. The second-order valence-corrected chi connectivity index (χ2v) is 30.3. The fourth-order valence-electron chi connectivity index (χ4n) is 18.9. The Morgan fingerprint density at radius 2 is 0.707 bits per heavy atom. The Morgan fingerprint density at radius 3 is 1.32 bits per heavy atom. The molecule has 0 unspecified atom stereocenters. The van der Waals surface area contributed by atoms with Gasteiger partial charge in [-0.15, -0.1) is 0 Å². The Labute approximate surface area is 676 Å². The number of fused-ring (bicyclic) bond motifs is 19. The van der Waals surface area contributed by atoms with Crippen LogP contribution in [0, 0.1) is 0 Å². The number of rotatable bonds is 10. The summed E-state index contributed by atoms with van der Waals surface area (Å²) in [5, 5.41) is 7.67. The number of para-hydroxylation sites is 5. The quantitative estimate of drug-likeness (QED) is 0.127. The molecular formula is C108H64BN3O4. The Balaban J connectivity index is 0.863. The minimum Gasteiger partial charge on any atom is -0.456 e. The average molecular weight is 1490 g/mol. The van der Waals surface area contributed by atoms with Crippen LogP contribution in [0.1, 0.15) is 9.60 Å². The summed E-state index contributed by atoms with van der Waals surface area (Å²) in [6.45, 7) is -0.633. The van der Waals surface area contributed by atoms with E-state index < -0.39 is 18.8 Å². The summed E-state index contributed by atoms with van der Waals surface area (Å²) in [4.78, 5) is 4.92. The van der Waals surface area contributed by atoms with E-state index in [0.717, 1.165) is 177 Å². The number of aromatic nitrogens is 1. The van der Waals surface area contributed by atoms with Crippen LogP contribution in [0.25, 0.3) is 193 Å². The van der Waals surface area contributed by atoms with Gasteiger partial charge in [-0.1, -0.05) is 273 Å².